The van der Waals surface area contributed by atoms with E-state index in [2.05, 4.69) is 22.6 Å². The van der Waals surface area contributed by atoms with E-state index in [9.17, 15) is 0 Å². The van der Waals surface area contributed by atoms with Crippen LogP contribution in [0.4, 0.5) is 0 Å². The Kier molecular flexibility index (Phi) is 30.9. The zero-order valence-electron chi connectivity index (χ0n) is 22.5. The zero-order valence-corrected chi connectivity index (χ0v) is 27.9. The molecule has 0 spiro atoms. The van der Waals surface area contributed by atoms with E-state index in [-0.39, 0.29) is 0 Å². The minimum absolute atomic E-state index is 0.830. The SMILES string of the molecule is Cl[Si](Cl)(Cl)CCCCCCCCCCCCCCCCCCCCCCCCCCCCCI. The highest BCUT2D eigenvalue weighted by atomic mass is 127. The topological polar surface area (TPSA) is 0 Å². The summed E-state index contributed by atoms with van der Waals surface area (Å²) in [5.74, 6) is 0. The summed E-state index contributed by atoms with van der Waals surface area (Å²) in [6.07, 6.45) is 38.6. The van der Waals surface area contributed by atoms with Crippen molar-refractivity contribution in [2.45, 2.75) is 179 Å². The molecule has 0 saturated heterocycles. The molecular formula is C29H58Cl3ISi. The van der Waals surface area contributed by atoms with Gasteiger partial charge in [-0.15, -0.1) is 33.2 Å². The van der Waals surface area contributed by atoms with Gasteiger partial charge >= 0.3 is 6.00 Å². The second-order valence-corrected chi connectivity index (χ2v) is 21.0. The van der Waals surface area contributed by atoms with Gasteiger partial charge < -0.3 is 0 Å². The maximum atomic E-state index is 5.92. The minimum atomic E-state index is -2.36. The quantitative estimate of drug-likeness (QED) is 0.0245. The summed E-state index contributed by atoms with van der Waals surface area (Å²) in [5.41, 5.74) is 0. The van der Waals surface area contributed by atoms with Gasteiger partial charge in [0.1, 0.15) is 0 Å². The molecule has 0 radical (unpaired) electrons. The van der Waals surface area contributed by atoms with Crippen molar-refractivity contribution in [3.8, 4) is 0 Å². The van der Waals surface area contributed by atoms with Gasteiger partial charge in [0.05, 0.1) is 0 Å². The normalized spacial score (nSPS) is 12.0. The second-order valence-electron chi connectivity index (χ2n) is 10.6. The third-order valence-corrected chi connectivity index (χ3v) is 10.5. The molecule has 0 rings (SSSR count). The predicted molar refractivity (Wildman–Crippen MR) is 172 cm³/mol. The van der Waals surface area contributed by atoms with Crippen molar-refractivity contribution in [2.24, 2.45) is 0 Å². The van der Waals surface area contributed by atoms with E-state index < -0.39 is 6.00 Å². The first kappa shape index (κ1) is 35.8. The third-order valence-electron chi connectivity index (χ3n) is 7.09. The van der Waals surface area contributed by atoms with Gasteiger partial charge in [0.15, 0.2) is 0 Å². The lowest BCUT2D eigenvalue weighted by atomic mass is 10.0. The number of hydrogen-bond acceptors (Lipinski definition) is 0. The standard InChI is InChI=1S/C29H58Cl3ISi/c30-34(31,32)29-27-25-23-21-19-17-15-13-11-9-7-5-3-1-2-4-6-8-10-12-14-16-18-20-22-24-26-28-33/h1-29H2. The van der Waals surface area contributed by atoms with Crippen molar-refractivity contribution in [2.75, 3.05) is 4.43 Å². The van der Waals surface area contributed by atoms with Crippen LogP contribution in [-0.2, 0) is 0 Å². The van der Waals surface area contributed by atoms with Crippen LogP contribution >= 0.6 is 55.8 Å². The maximum Gasteiger partial charge on any atom is 0.341 e. The van der Waals surface area contributed by atoms with E-state index in [1.54, 1.807) is 0 Å². The molecule has 0 amide bonds. The van der Waals surface area contributed by atoms with E-state index in [1.165, 1.54) is 171 Å². The fraction of sp³-hybridized carbons (Fsp3) is 1.00. The van der Waals surface area contributed by atoms with Crippen molar-refractivity contribution in [1.29, 1.82) is 0 Å². The first-order chi connectivity index (χ1) is 16.6. The molecule has 0 aromatic carbocycles. The van der Waals surface area contributed by atoms with E-state index >= 15 is 0 Å². The molecule has 0 heterocycles. The highest BCUT2D eigenvalue weighted by Gasteiger charge is 2.23. The van der Waals surface area contributed by atoms with Crippen LogP contribution in [0.3, 0.4) is 0 Å². The Bertz CT molecular complexity index is 377. The molecule has 0 aliphatic heterocycles. The fourth-order valence-corrected chi connectivity index (χ4v) is 7.23. The van der Waals surface area contributed by atoms with Crippen molar-refractivity contribution in [1.82, 2.24) is 0 Å². The van der Waals surface area contributed by atoms with Gasteiger partial charge in [0.25, 0.3) is 0 Å². The van der Waals surface area contributed by atoms with Gasteiger partial charge in [-0.2, -0.15) is 0 Å². The molecule has 0 atom stereocenters. The summed E-state index contributed by atoms with van der Waals surface area (Å²) < 4.78 is 1.34. The van der Waals surface area contributed by atoms with Crippen molar-refractivity contribution in [3.05, 3.63) is 0 Å². The lowest BCUT2D eigenvalue weighted by Crippen LogP contribution is -2.07. The van der Waals surface area contributed by atoms with Crippen LogP contribution in [0.1, 0.15) is 173 Å². The minimum Gasteiger partial charge on any atom is -0.126 e. The van der Waals surface area contributed by atoms with E-state index in [0.717, 1.165) is 12.5 Å². The maximum absolute atomic E-state index is 5.92. The van der Waals surface area contributed by atoms with Crippen molar-refractivity contribution in [3.63, 3.8) is 0 Å². The summed E-state index contributed by atoms with van der Waals surface area (Å²) in [6, 6.07) is -1.53. The van der Waals surface area contributed by atoms with Gasteiger partial charge in [-0.3, -0.25) is 0 Å². The molecular weight excluding hydrogens is 610 g/mol. The molecule has 0 nitrogen and oxygen atoms in total. The number of halogens is 4. The highest BCUT2D eigenvalue weighted by Crippen LogP contribution is 2.27. The Balaban J connectivity index is 3.03. The predicted octanol–water partition coefficient (Wildman–Crippen LogP) is 13.6. The number of hydrogen-bond donors (Lipinski definition) is 0. The Labute approximate surface area is 244 Å². The van der Waals surface area contributed by atoms with E-state index in [0.29, 0.717) is 0 Å². The monoisotopic (exact) mass is 666 g/mol. The van der Waals surface area contributed by atoms with Crippen LogP contribution < -0.4 is 0 Å². The first-order valence-electron chi connectivity index (χ1n) is 15.2. The summed E-state index contributed by atoms with van der Waals surface area (Å²) in [6.45, 7) is 0. The molecule has 0 bridgehead atoms. The lowest BCUT2D eigenvalue weighted by Gasteiger charge is -2.07. The molecule has 0 N–H and O–H groups in total. The Hall–Kier alpha value is 1.82. The summed E-state index contributed by atoms with van der Waals surface area (Å²) in [5, 5.41) is 0. The third kappa shape index (κ3) is 33.8. The Morgan fingerprint density at radius 2 is 0.471 bits per heavy atom. The van der Waals surface area contributed by atoms with Gasteiger partial charge in [-0.25, -0.2) is 0 Å². The van der Waals surface area contributed by atoms with Gasteiger partial charge in [0.2, 0.25) is 0 Å². The van der Waals surface area contributed by atoms with Crippen molar-refractivity contribution >= 4 is 61.8 Å². The molecule has 0 aromatic rings. The van der Waals surface area contributed by atoms with E-state index in [4.69, 9.17) is 33.2 Å². The summed E-state index contributed by atoms with van der Waals surface area (Å²) in [7, 11) is 0. The van der Waals surface area contributed by atoms with Crippen LogP contribution in [0.25, 0.3) is 0 Å². The van der Waals surface area contributed by atoms with Gasteiger partial charge in [-0.05, 0) is 16.9 Å². The largest absolute Gasteiger partial charge is 0.341 e. The number of unbranched alkanes of at least 4 members (excludes halogenated alkanes) is 26. The summed E-state index contributed by atoms with van der Waals surface area (Å²) >= 11 is 20.2. The average Bonchev–Trinajstić information content (AvgIpc) is 2.80. The smallest absolute Gasteiger partial charge is 0.126 e. The average molecular weight is 668 g/mol. The van der Waals surface area contributed by atoms with Gasteiger partial charge in [0, 0.05) is 0 Å². The molecule has 0 aromatic heterocycles. The summed E-state index contributed by atoms with van der Waals surface area (Å²) in [4.78, 5) is 0. The molecule has 0 saturated carbocycles. The zero-order chi connectivity index (χ0) is 25.0. The molecule has 34 heavy (non-hydrogen) atoms. The van der Waals surface area contributed by atoms with Crippen LogP contribution in [0.2, 0.25) is 6.04 Å². The Morgan fingerprint density at radius 3 is 0.647 bits per heavy atom. The van der Waals surface area contributed by atoms with Crippen LogP contribution in [-0.4, -0.2) is 10.4 Å². The lowest BCUT2D eigenvalue weighted by molar-refractivity contribution is 0.515. The Morgan fingerprint density at radius 1 is 0.294 bits per heavy atom. The number of rotatable bonds is 29. The molecule has 5 heteroatoms. The molecule has 0 unspecified atom stereocenters. The highest BCUT2D eigenvalue weighted by molar-refractivity contribution is 14.1. The van der Waals surface area contributed by atoms with Crippen molar-refractivity contribution < 1.29 is 0 Å². The second kappa shape index (κ2) is 29.4. The first-order valence-corrected chi connectivity index (χ1v) is 22.0. The van der Waals surface area contributed by atoms with Gasteiger partial charge in [-0.1, -0.05) is 190 Å². The van der Waals surface area contributed by atoms with E-state index in [1.807, 2.05) is 0 Å². The van der Waals surface area contributed by atoms with Crippen LogP contribution in [0.15, 0.2) is 0 Å². The van der Waals surface area contributed by atoms with Crippen LogP contribution in [0, 0.1) is 0 Å². The molecule has 0 aliphatic rings. The van der Waals surface area contributed by atoms with Crippen LogP contribution in [0.5, 0.6) is 0 Å². The fourth-order valence-electron chi connectivity index (χ4n) is 4.84. The molecule has 0 fully saturated rings. The number of alkyl halides is 1. The molecule has 0 aliphatic carbocycles. The molecule has 206 valence electrons.